The Bertz CT molecular complexity index is 1360. The predicted molar refractivity (Wildman–Crippen MR) is 122 cm³/mol. The number of nitro benzene ring substituents is 1. The first-order chi connectivity index (χ1) is 15.5. The van der Waals surface area contributed by atoms with Crippen molar-refractivity contribution in [2.75, 3.05) is 10.6 Å². The summed E-state index contributed by atoms with van der Waals surface area (Å²) in [7, 11) is 0. The number of rotatable bonds is 4. The molecular formula is C24H19N5O3. The maximum Gasteiger partial charge on any atom is 0.269 e. The number of non-ortho nitro benzene ring substituents is 1. The van der Waals surface area contributed by atoms with Gasteiger partial charge in [-0.1, -0.05) is 49.0 Å². The van der Waals surface area contributed by atoms with Crippen LogP contribution in [0, 0.1) is 16.0 Å². The Kier molecular flexibility index (Phi) is 4.67. The first-order valence-electron chi connectivity index (χ1n) is 10.1. The Labute approximate surface area is 183 Å². The molecule has 1 aliphatic rings. The molecule has 8 heteroatoms. The topological polar surface area (TPSA) is 102 Å². The number of para-hydroxylation sites is 3. The number of hydrogen-bond donors (Lipinski definition) is 2. The van der Waals surface area contributed by atoms with Crippen molar-refractivity contribution >= 4 is 34.3 Å². The minimum Gasteiger partial charge on any atom is -0.329 e. The van der Waals surface area contributed by atoms with E-state index in [-0.39, 0.29) is 11.6 Å². The number of imidazole rings is 1. The quantitative estimate of drug-likeness (QED) is 0.364. The van der Waals surface area contributed by atoms with Crippen molar-refractivity contribution in [1.29, 1.82) is 0 Å². The molecule has 0 saturated heterocycles. The number of amides is 1. The van der Waals surface area contributed by atoms with Crippen molar-refractivity contribution < 1.29 is 9.72 Å². The van der Waals surface area contributed by atoms with Gasteiger partial charge in [-0.15, -0.1) is 0 Å². The second-order valence-corrected chi connectivity index (χ2v) is 7.57. The highest BCUT2D eigenvalue weighted by atomic mass is 16.6. The Hall–Kier alpha value is -4.46. The number of fused-ring (bicyclic) bond motifs is 3. The maximum absolute atomic E-state index is 13.5. The van der Waals surface area contributed by atoms with E-state index in [0.717, 1.165) is 11.0 Å². The van der Waals surface area contributed by atoms with Crippen LogP contribution in [0.15, 0.2) is 91.1 Å². The molecule has 0 fully saturated rings. The Morgan fingerprint density at radius 3 is 2.59 bits per heavy atom. The fourth-order valence-electron chi connectivity index (χ4n) is 4.18. The Balaban J connectivity index is 1.68. The third kappa shape index (κ3) is 3.27. The molecule has 2 unspecified atom stereocenters. The third-order valence-electron chi connectivity index (χ3n) is 5.58. The lowest BCUT2D eigenvalue weighted by Gasteiger charge is -2.35. The zero-order valence-electron chi connectivity index (χ0n) is 16.9. The van der Waals surface area contributed by atoms with Gasteiger partial charge in [-0.25, -0.2) is 4.98 Å². The molecular weight excluding hydrogens is 406 g/mol. The average Bonchev–Trinajstić information content (AvgIpc) is 3.16. The molecule has 8 nitrogen and oxygen atoms in total. The molecule has 2 atom stereocenters. The summed E-state index contributed by atoms with van der Waals surface area (Å²) in [5, 5.41) is 17.6. The molecule has 1 amide bonds. The zero-order chi connectivity index (χ0) is 22.2. The number of nitrogens with one attached hydrogen (secondary N) is 2. The summed E-state index contributed by atoms with van der Waals surface area (Å²) >= 11 is 0. The van der Waals surface area contributed by atoms with Crippen molar-refractivity contribution in [3.63, 3.8) is 0 Å². The van der Waals surface area contributed by atoms with Gasteiger partial charge >= 0.3 is 0 Å². The number of carbonyl (C=O) groups is 1. The highest BCUT2D eigenvalue weighted by Crippen LogP contribution is 2.42. The van der Waals surface area contributed by atoms with E-state index >= 15 is 0 Å². The van der Waals surface area contributed by atoms with Gasteiger partial charge < -0.3 is 15.2 Å². The van der Waals surface area contributed by atoms with Crippen molar-refractivity contribution in [3.05, 3.63) is 107 Å². The van der Waals surface area contributed by atoms with Crippen LogP contribution in [0.4, 0.5) is 17.3 Å². The van der Waals surface area contributed by atoms with E-state index in [1.54, 1.807) is 24.3 Å². The molecule has 0 radical (unpaired) electrons. The summed E-state index contributed by atoms with van der Waals surface area (Å²) in [6.45, 7) is 4.10. The molecule has 0 aliphatic carbocycles. The lowest BCUT2D eigenvalue weighted by molar-refractivity contribution is -0.384. The van der Waals surface area contributed by atoms with Crippen LogP contribution >= 0.6 is 0 Å². The molecule has 1 aliphatic heterocycles. The van der Waals surface area contributed by atoms with Gasteiger partial charge in [-0.2, -0.15) is 0 Å². The monoisotopic (exact) mass is 425 g/mol. The Morgan fingerprint density at radius 1 is 1.06 bits per heavy atom. The second kappa shape index (κ2) is 7.66. The lowest BCUT2D eigenvalue weighted by atomic mass is 9.87. The van der Waals surface area contributed by atoms with Gasteiger partial charge in [0.15, 0.2) is 0 Å². The van der Waals surface area contributed by atoms with Crippen LogP contribution in [0.3, 0.4) is 0 Å². The van der Waals surface area contributed by atoms with Gasteiger partial charge in [0.2, 0.25) is 11.9 Å². The first kappa shape index (κ1) is 19.5. The minimum absolute atomic E-state index is 0.0418. The molecule has 158 valence electrons. The highest BCUT2D eigenvalue weighted by Gasteiger charge is 2.40. The van der Waals surface area contributed by atoms with Crippen LogP contribution in [0.25, 0.3) is 11.0 Å². The van der Waals surface area contributed by atoms with E-state index in [9.17, 15) is 14.9 Å². The van der Waals surface area contributed by atoms with Crippen molar-refractivity contribution in [3.8, 4) is 0 Å². The largest absolute Gasteiger partial charge is 0.329 e. The van der Waals surface area contributed by atoms with E-state index in [0.29, 0.717) is 22.9 Å². The fraction of sp³-hybridized carbons (Fsp3) is 0.0833. The molecule has 1 aromatic heterocycles. The van der Waals surface area contributed by atoms with Crippen LogP contribution in [0.2, 0.25) is 0 Å². The summed E-state index contributed by atoms with van der Waals surface area (Å²) < 4.78 is 1.91. The number of benzene rings is 3. The van der Waals surface area contributed by atoms with Gasteiger partial charge in [0.1, 0.15) is 5.92 Å². The molecule has 4 aromatic rings. The van der Waals surface area contributed by atoms with E-state index in [4.69, 9.17) is 0 Å². The molecule has 2 N–H and O–H groups in total. The van der Waals surface area contributed by atoms with E-state index in [1.807, 2.05) is 47.0 Å². The minimum atomic E-state index is -0.734. The number of anilines is 2. The van der Waals surface area contributed by atoms with Crippen molar-refractivity contribution in [2.24, 2.45) is 5.92 Å². The summed E-state index contributed by atoms with van der Waals surface area (Å²) in [4.78, 5) is 29.1. The number of nitrogens with zero attached hydrogens (tertiary/aromatic N) is 3. The molecule has 5 rings (SSSR count). The molecule has 0 bridgehead atoms. The van der Waals surface area contributed by atoms with Crippen LogP contribution in [0.1, 0.15) is 11.6 Å². The normalized spacial score (nSPS) is 17.4. The van der Waals surface area contributed by atoms with Gasteiger partial charge in [-0.3, -0.25) is 14.9 Å². The van der Waals surface area contributed by atoms with Crippen LogP contribution in [-0.4, -0.2) is 20.4 Å². The smallest absolute Gasteiger partial charge is 0.269 e. The number of hydrogen-bond acceptors (Lipinski definition) is 5. The summed E-state index contributed by atoms with van der Waals surface area (Å²) in [5.74, 6) is -0.465. The number of nitro groups is 1. The molecule has 0 spiro atoms. The van der Waals surface area contributed by atoms with E-state index in [2.05, 4.69) is 22.2 Å². The maximum atomic E-state index is 13.5. The SMILES string of the molecule is C=C1Nc2nc3ccccc3n2C(c2cccc([N+](=O)[O-])c2)C1C(=O)Nc1ccccc1. The Morgan fingerprint density at radius 2 is 1.81 bits per heavy atom. The molecule has 3 aromatic carbocycles. The number of carbonyl (C=O) groups excluding carboxylic acids is 1. The number of aromatic nitrogens is 2. The second-order valence-electron chi connectivity index (χ2n) is 7.57. The van der Waals surface area contributed by atoms with Crippen LogP contribution < -0.4 is 10.6 Å². The van der Waals surface area contributed by atoms with Crippen LogP contribution in [0.5, 0.6) is 0 Å². The fourth-order valence-corrected chi connectivity index (χ4v) is 4.18. The van der Waals surface area contributed by atoms with Gasteiger partial charge in [-0.05, 0) is 29.8 Å². The zero-order valence-corrected chi connectivity index (χ0v) is 16.9. The third-order valence-corrected chi connectivity index (χ3v) is 5.58. The van der Waals surface area contributed by atoms with Gasteiger partial charge in [0, 0.05) is 23.5 Å². The molecule has 32 heavy (non-hydrogen) atoms. The predicted octanol–water partition coefficient (Wildman–Crippen LogP) is 4.73. The molecule has 2 heterocycles. The van der Waals surface area contributed by atoms with E-state index < -0.39 is 16.9 Å². The summed E-state index contributed by atoms with van der Waals surface area (Å²) in [6.07, 6.45) is 0. The van der Waals surface area contributed by atoms with Gasteiger partial charge in [0.25, 0.3) is 5.69 Å². The van der Waals surface area contributed by atoms with Gasteiger partial charge in [0.05, 0.1) is 22.0 Å². The summed E-state index contributed by atoms with van der Waals surface area (Å²) in [6, 6.07) is 22.5. The average molecular weight is 425 g/mol. The first-order valence-corrected chi connectivity index (χ1v) is 10.1. The van der Waals surface area contributed by atoms with E-state index in [1.165, 1.54) is 12.1 Å². The molecule has 0 saturated carbocycles. The van der Waals surface area contributed by atoms with Crippen molar-refractivity contribution in [1.82, 2.24) is 9.55 Å². The lowest BCUT2D eigenvalue weighted by Crippen LogP contribution is -2.39. The van der Waals surface area contributed by atoms with Crippen LogP contribution in [-0.2, 0) is 4.79 Å². The standard InChI is InChI=1S/C24H19N5O3/c1-15-21(23(30)26-17-9-3-2-4-10-17)22(16-8-7-11-18(14-16)29(31)32)28-20-13-6-5-12-19(20)27-24(28)25-15/h2-14,21-22H,1H2,(H,25,27)(H,26,30). The highest BCUT2D eigenvalue weighted by molar-refractivity contribution is 5.96. The summed E-state index contributed by atoms with van der Waals surface area (Å²) in [5.41, 5.74) is 3.28. The van der Waals surface area contributed by atoms with Crippen molar-refractivity contribution in [2.45, 2.75) is 6.04 Å².